The highest BCUT2D eigenvalue weighted by atomic mass is 16.6. The van der Waals surface area contributed by atoms with Crippen molar-refractivity contribution in [3.8, 4) is 0 Å². The van der Waals surface area contributed by atoms with Crippen molar-refractivity contribution in [1.29, 1.82) is 0 Å². The zero-order valence-corrected chi connectivity index (χ0v) is 37.6. The molecule has 0 saturated heterocycles. The Morgan fingerprint density at radius 1 is 0.525 bits per heavy atom. The van der Waals surface area contributed by atoms with Crippen molar-refractivity contribution in [1.82, 2.24) is 0 Å². The second-order valence-corrected chi connectivity index (χ2v) is 15.6. The fraction of sp³-hybridized carbons (Fsp3) is 0.588. The molecule has 0 aromatic rings. The molecule has 0 saturated carbocycles. The second-order valence-electron chi connectivity index (χ2n) is 15.6. The average Bonchev–Trinajstić information content (AvgIpc) is 3.19. The summed E-state index contributed by atoms with van der Waals surface area (Å²) in [6, 6.07) is -0.742. The summed E-state index contributed by atoms with van der Waals surface area (Å²) in [6.07, 6.45) is 55.5. The number of hydrogen-bond acceptors (Lipinski definition) is 7. The summed E-state index contributed by atoms with van der Waals surface area (Å²) in [5.41, 5.74) is 0. The first kappa shape index (κ1) is 55.0. The van der Waals surface area contributed by atoms with Crippen LogP contribution in [0.1, 0.15) is 142 Å². The predicted octanol–water partition coefficient (Wildman–Crippen LogP) is 11.1. The van der Waals surface area contributed by atoms with Crippen molar-refractivity contribution in [2.24, 2.45) is 0 Å². The molecule has 2 unspecified atom stereocenters. The van der Waals surface area contributed by atoms with Crippen LogP contribution in [0.15, 0.2) is 109 Å². The molecule has 0 aromatic carbocycles. The van der Waals surface area contributed by atoms with Crippen LogP contribution < -0.4 is 5.11 Å². The Morgan fingerprint density at radius 3 is 1.53 bits per heavy atom. The fourth-order valence-electron chi connectivity index (χ4n) is 5.78. The van der Waals surface area contributed by atoms with E-state index in [1.54, 1.807) is 21.1 Å². The lowest BCUT2D eigenvalue weighted by molar-refractivity contribution is -0.889. The van der Waals surface area contributed by atoms with Gasteiger partial charge in [-0.1, -0.05) is 149 Å². The molecule has 0 fully saturated rings. The van der Waals surface area contributed by atoms with Crippen LogP contribution in [0.2, 0.25) is 0 Å². The number of aliphatic carboxylic acids is 1. The van der Waals surface area contributed by atoms with Crippen molar-refractivity contribution in [2.45, 2.75) is 154 Å². The summed E-state index contributed by atoms with van der Waals surface area (Å²) in [5.74, 6) is -1.82. The maximum Gasteiger partial charge on any atom is 0.306 e. The van der Waals surface area contributed by atoms with Gasteiger partial charge in [-0.3, -0.25) is 9.59 Å². The minimum Gasteiger partial charge on any atom is -0.544 e. The number of rotatable bonds is 38. The minimum absolute atomic E-state index is 0.0134. The Hall–Kier alpha value is -4.01. The van der Waals surface area contributed by atoms with Gasteiger partial charge in [0, 0.05) is 19.3 Å². The Bertz CT molecular complexity index is 1330. The summed E-state index contributed by atoms with van der Waals surface area (Å²) in [6.45, 7) is 4.33. The first-order valence-corrected chi connectivity index (χ1v) is 22.4. The first-order valence-electron chi connectivity index (χ1n) is 22.4. The Morgan fingerprint density at radius 2 is 0.983 bits per heavy atom. The van der Waals surface area contributed by atoms with Gasteiger partial charge in [0.1, 0.15) is 12.6 Å². The number of ether oxygens (including phenoxy) is 3. The summed E-state index contributed by atoms with van der Waals surface area (Å²) in [4.78, 5) is 36.9. The molecule has 0 bridgehead atoms. The monoisotopic (exact) mass is 820 g/mol. The quantitative estimate of drug-likeness (QED) is 0.0201. The second kappa shape index (κ2) is 40.8. The van der Waals surface area contributed by atoms with Gasteiger partial charge in [-0.25, -0.2) is 0 Å². The lowest BCUT2D eigenvalue weighted by Crippen LogP contribution is -2.55. The van der Waals surface area contributed by atoms with Crippen molar-refractivity contribution in [3.63, 3.8) is 0 Å². The van der Waals surface area contributed by atoms with Crippen LogP contribution >= 0.6 is 0 Å². The van der Waals surface area contributed by atoms with E-state index in [0.29, 0.717) is 6.42 Å². The normalized spacial score (nSPS) is 14.0. The van der Waals surface area contributed by atoms with E-state index in [-0.39, 0.29) is 49.1 Å². The highest BCUT2D eigenvalue weighted by Gasteiger charge is 2.25. The van der Waals surface area contributed by atoms with E-state index in [4.69, 9.17) is 14.2 Å². The maximum absolute atomic E-state index is 12.7. The van der Waals surface area contributed by atoms with Crippen molar-refractivity contribution >= 4 is 17.9 Å². The molecular formula is C51H81NO7. The van der Waals surface area contributed by atoms with Gasteiger partial charge in [-0.05, 0) is 83.5 Å². The summed E-state index contributed by atoms with van der Waals surface area (Å²) >= 11 is 0. The van der Waals surface area contributed by atoms with E-state index in [2.05, 4.69) is 111 Å². The Labute approximate surface area is 359 Å². The van der Waals surface area contributed by atoms with E-state index in [0.717, 1.165) is 109 Å². The van der Waals surface area contributed by atoms with E-state index >= 15 is 0 Å². The number of allylic oxidation sites excluding steroid dienone is 18. The van der Waals surface area contributed by atoms with Crippen molar-refractivity contribution in [2.75, 3.05) is 41.0 Å². The summed E-state index contributed by atoms with van der Waals surface area (Å²) < 4.78 is 17.1. The van der Waals surface area contributed by atoms with Crippen LogP contribution in [-0.2, 0) is 28.6 Å². The maximum atomic E-state index is 12.7. The summed E-state index contributed by atoms with van der Waals surface area (Å²) in [5, 5.41) is 11.6. The minimum atomic E-state index is -1.14. The highest BCUT2D eigenvalue weighted by molar-refractivity contribution is 5.70. The number of carboxylic acid groups (broad SMARTS) is 1. The fourth-order valence-corrected chi connectivity index (χ4v) is 5.78. The highest BCUT2D eigenvalue weighted by Crippen LogP contribution is 2.12. The number of esters is 2. The molecule has 0 aliphatic rings. The van der Waals surface area contributed by atoms with Crippen molar-refractivity contribution < 1.29 is 38.2 Å². The third-order valence-corrected chi connectivity index (χ3v) is 9.22. The van der Waals surface area contributed by atoms with Crippen LogP contribution in [0.4, 0.5) is 0 Å². The number of quaternary nitrogens is 1. The standard InChI is InChI=1S/C51H81NO7/c1-6-8-10-12-14-16-18-20-21-22-23-24-25-26-27-28-30-31-33-35-37-39-41-49(53)58-46-47(45-57-44-43-48(51(55)56)52(3,4)5)59-50(54)42-40-38-36-34-32-29-19-17-15-13-11-9-7-2/h8-11,13-17,19-21,23-24,26-27,30-31,47-48H,6-7,12,18,22,25,28-29,32-46H2,1-5H3/b10-8+,11-9+,15-13+,16-14+,19-17+,21-20+,24-23+,27-26+,31-30+. The molecule has 0 aliphatic heterocycles. The Balaban J connectivity index is 4.42. The molecule has 0 aromatic heterocycles. The third-order valence-electron chi connectivity index (χ3n) is 9.22. The predicted molar refractivity (Wildman–Crippen MR) is 244 cm³/mol. The topological polar surface area (TPSA) is 102 Å². The van der Waals surface area contributed by atoms with Gasteiger partial charge in [-0.15, -0.1) is 0 Å². The largest absolute Gasteiger partial charge is 0.544 e. The molecule has 8 nitrogen and oxygen atoms in total. The van der Waals surface area contributed by atoms with Crippen LogP contribution in [0.3, 0.4) is 0 Å². The molecule has 2 atom stereocenters. The number of carbonyl (C=O) groups is 3. The molecular weight excluding hydrogens is 739 g/mol. The molecule has 0 rings (SSSR count). The van der Waals surface area contributed by atoms with Crippen LogP contribution in [0, 0.1) is 0 Å². The van der Waals surface area contributed by atoms with Gasteiger partial charge >= 0.3 is 11.9 Å². The number of hydrogen-bond donors (Lipinski definition) is 0. The zero-order chi connectivity index (χ0) is 43.5. The molecule has 0 amide bonds. The zero-order valence-electron chi connectivity index (χ0n) is 37.6. The lowest BCUT2D eigenvalue weighted by Gasteiger charge is -2.34. The molecule has 0 heterocycles. The van der Waals surface area contributed by atoms with E-state index in [1.807, 2.05) is 12.2 Å². The van der Waals surface area contributed by atoms with E-state index in [1.165, 1.54) is 0 Å². The number of carboxylic acids is 1. The number of unbranched alkanes of at least 4 members (excludes halogenated alkanes) is 8. The van der Waals surface area contributed by atoms with Gasteiger partial charge in [0.05, 0.1) is 40.3 Å². The van der Waals surface area contributed by atoms with Gasteiger partial charge < -0.3 is 28.6 Å². The Kier molecular flexibility index (Phi) is 38.0. The molecule has 332 valence electrons. The lowest BCUT2D eigenvalue weighted by atomic mass is 10.1. The first-order chi connectivity index (χ1) is 28.6. The average molecular weight is 820 g/mol. The van der Waals surface area contributed by atoms with Gasteiger partial charge in [0.2, 0.25) is 0 Å². The van der Waals surface area contributed by atoms with Gasteiger partial charge in [0.15, 0.2) is 6.10 Å². The molecule has 0 spiro atoms. The molecule has 8 heteroatoms. The van der Waals surface area contributed by atoms with Gasteiger partial charge in [-0.2, -0.15) is 0 Å². The number of likely N-dealkylation sites (N-methyl/N-ethyl adjacent to an activating group) is 1. The van der Waals surface area contributed by atoms with Crippen molar-refractivity contribution in [3.05, 3.63) is 109 Å². The number of carbonyl (C=O) groups excluding carboxylic acids is 3. The molecule has 59 heavy (non-hydrogen) atoms. The summed E-state index contributed by atoms with van der Waals surface area (Å²) in [7, 11) is 5.37. The number of nitrogens with zero attached hydrogens (tertiary/aromatic N) is 1. The van der Waals surface area contributed by atoms with E-state index < -0.39 is 18.1 Å². The third kappa shape index (κ3) is 39.2. The van der Waals surface area contributed by atoms with Crippen LogP contribution in [-0.4, -0.2) is 75.5 Å². The van der Waals surface area contributed by atoms with Gasteiger partial charge in [0.25, 0.3) is 0 Å². The molecule has 0 N–H and O–H groups in total. The molecule has 0 aliphatic carbocycles. The molecule has 0 radical (unpaired) electrons. The SMILES string of the molecule is CC/C=C/C=C/C=C/CCCCCCCC(=O)OC(COCCC(C(=O)[O-])[N+](C)(C)C)COC(=O)CCCCC/C=C/C/C=C/C/C=C/C/C=C/C/C=C/C/C=C/CC. The van der Waals surface area contributed by atoms with E-state index in [9.17, 15) is 19.5 Å². The van der Waals surface area contributed by atoms with Crippen LogP contribution in [0.25, 0.3) is 0 Å². The van der Waals surface area contributed by atoms with Crippen LogP contribution in [0.5, 0.6) is 0 Å². The smallest absolute Gasteiger partial charge is 0.306 e.